The van der Waals surface area contributed by atoms with Gasteiger partial charge in [-0.05, 0) is 19.3 Å². The molecule has 2 aliphatic rings. The zero-order valence-corrected chi connectivity index (χ0v) is 13.8. The summed E-state index contributed by atoms with van der Waals surface area (Å²) in [6.45, 7) is 6.80. The largest absolute Gasteiger partial charge is 0.356 e. The highest BCUT2D eigenvalue weighted by Crippen LogP contribution is 2.22. The van der Waals surface area contributed by atoms with Crippen LogP contribution in [0.5, 0.6) is 0 Å². The van der Waals surface area contributed by atoms with Crippen LogP contribution in [0.3, 0.4) is 0 Å². The Bertz CT molecular complexity index is 634. The first-order chi connectivity index (χ1) is 11.9. The standard InChI is InChI=1S/C16H23N7O/c1-2-4-22(5-3-1)15-10-16(18-12-17-15)23-8-6-21(7-9-23)11-14-19-13-24-20-14/h10,12-13H,1-9,11H2. The second-order valence-electron chi connectivity index (χ2n) is 6.39. The summed E-state index contributed by atoms with van der Waals surface area (Å²) >= 11 is 0. The van der Waals surface area contributed by atoms with Crippen LogP contribution in [-0.4, -0.2) is 64.3 Å². The monoisotopic (exact) mass is 329 g/mol. The van der Waals surface area contributed by atoms with E-state index in [9.17, 15) is 0 Å². The summed E-state index contributed by atoms with van der Waals surface area (Å²) in [6.07, 6.45) is 6.93. The van der Waals surface area contributed by atoms with Gasteiger partial charge < -0.3 is 14.3 Å². The van der Waals surface area contributed by atoms with E-state index >= 15 is 0 Å². The zero-order chi connectivity index (χ0) is 16.2. The first kappa shape index (κ1) is 15.3. The van der Waals surface area contributed by atoms with Crippen LogP contribution in [-0.2, 0) is 6.54 Å². The number of piperidine rings is 1. The van der Waals surface area contributed by atoms with E-state index in [1.54, 1.807) is 6.33 Å². The van der Waals surface area contributed by atoms with Gasteiger partial charge in [-0.1, -0.05) is 5.16 Å². The van der Waals surface area contributed by atoms with Crippen LogP contribution in [0.25, 0.3) is 0 Å². The average molecular weight is 329 g/mol. The van der Waals surface area contributed by atoms with Gasteiger partial charge >= 0.3 is 0 Å². The van der Waals surface area contributed by atoms with Crippen LogP contribution < -0.4 is 9.80 Å². The number of rotatable bonds is 4. The maximum Gasteiger partial charge on any atom is 0.213 e. The lowest BCUT2D eigenvalue weighted by molar-refractivity contribution is 0.239. The predicted molar refractivity (Wildman–Crippen MR) is 89.9 cm³/mol. The van der Waals surface area contributed by atoms with Crippen molar-refractivity contribution in [2.75, 3.05) is 49.1 Å². The van der Waals surface area contributed by atoms with Crippen molar-refractivity contribution < 1.29 is 4.52 Å². The van der Waals surface area contributed by atoms with E-state index in [-0.39, 0.29) is 0 Å². The molecule has 4 rings (SSSR count). The minimum Gasteiger partial charge on any atom is -0.356 e. The SMILES string of the molecule is c1nc(N2CCCCC2)cc(N2CCN(Cc3ncon3)CC2)n1. The van der Waals surface area contributed by atoms with Crippen molar-refractivity contribution in [1.29, 1.82) is 0 Å². The van der Waals surface area contributed by atoms with E-state index in [1.165, 1.54) is 25.7 Å². The molecule has 0 unspecified atom stereocenters. The molecule has 2 aromatic heterocycles. The lowest BCUT2D eigenvalue weighted by Gasteiger charge is -2.35. The maximum atomic E-state index is 4.80. The molecule has 8 heteroatoms. The molecule has 4 heterocycles. The molecule has 128 valence electrons. The third kappa shape index (κ3) is 3.48. The Kier molecular flexibility index (Phi) is 4.55. The van der Waals surface area contributed by atoms with Gasteiger partial charge in [0.2, 0.25) is 6.39 Å². The Morgan fingerprint density at radius 3 is 2.21 bits per heavy atom. The summed E-state index contributed by atoms with van der Waals surface area (Å²) in [5, 5.41) is 3.88. The molecule has 0 radical (unpaired) electrons. The third-order valence-corrected chi connectivity index (χ3v) is 4.79. The smallest absolute Gasteiger partial charge is 0.213 e. The van der Waals surface area contributed by atoms with Crippen LogP contribution in [0.2, 0.25) is 0 Å². The van der Waals surface area contributed by atoms with E-state index < -0.39 is 0 Å². The molecule has 0 aliphatic carbocycles. The van der Waals surface area contributed by atoms with Crippen molar-refractivity contribution in [2.45, 2.75) is 25.8 Å². The van der Waals surface area contributed by atoms with E-state index in [0.29, 0.717) is 0 Å². The second-order valence-corrected chi connectivity index (χ2v) is 6.39. The van der Waals surface area contributed by atoms with Crippen molar-refractivity contribution >= 4 is 11.6 Å². The average Bonchev–Trinajstić information content (AvgIpc) is 3.16. The summed E-state index contributed by atoms with van der Waals surface area (Å²) in [5.74, 6) is 2.84. The Labute approximate surface area is 141 Å². The van der Waals surface area contributed by atoms with Crippen molar-refractivity contribution in [3.63, 3.8) is 0 Å². The first-order valence-electron chi connectivity index (χ1n) is 8.68. The molecule has 0 N–H and O–H groups in total. The van der Waals surface area contributed by atoms with Crippen molar-refractivity contribution in [3.05, 3.63) is 24.6 Å². The minimum atomic E-state index is 0.743. The Balaban J connectivity index is 1.36. The minimum absolute atomic E-state index is 0.743. The van der Waals surface area contributed by atoms with Gasteiger partial charge in [0.05, 0.1) is 6.54 Å². The van der Waals surface area contributed by atoms with Crippen LogP contribution >= 0.6 is 0 Å². The number of piperazine rings is 1. The van der Waals surface area contributed by atoms with Crippen molar-refractivity contribution in [1.82, 2.24) is 25.0 Å². The maximum absolute atomic E-state index is 4.80. The highest BCUT2D eigenvalue weighted by atomic mass is 16.5. The number of hydrogen-bond acceptors (Lipinski definition) is 8. The third-order valence-electron chi connectivity index (χ3n) is 4.79. The number of nitrogens with zero attached hydrogens (tertiary/aromatic N) is 7. The first-order valence-corrected chi connectivity index (χ1v) is 8.68. The van der Waals surface area contributed by atoms with Gasteiger partial charge in [-0.15, -0.1) is 0 Å². The van der Waals surface area contributed by atoms with Gasteiger partial charge in [0, 0.05) is 45.3 Å². The molecule has 24 heavy (non-hydrogen) atoms. The van der Waals surface area contributed by atoms with Crippen molar-refractivity contribution in [3.8, 4) is 0 Å². The van der Waals surface area contributed by atoms with E-state index in [0.717, 1.165) is 63.3 Å². The fourth-order valence-corrected chi connectivity index (χ4v) is 3.40. The van der Waals surface area contributed by atoms with Crippen molar-refractivity contribution in [2.24, 2.45) is 0 Å². The lowest BCUT2D eigenvalue weighted by Crippen LogP contribution is -2.46. The summed E-state index contributed by atoms with van der Waals surface area (Å²) in [6, 6.07) is 2.14. The molecular weight excluding hydrogens is 306 g/mol. The fraction of sp³-hybridized carbons (Fsp3) is 0.625. The molecule has 0 bridgehead atoms. The molecule has 0 saturated carbocycles. The summed E-state index contributed by atoms with van der Waals surface area (Å²) < 4.78 is 4.80. The molecule has 0 aromatic carbocycles. The topological polar surface area (TPSA) is 74.4 Å². The molecule has 2 fully saturated rings. The number of anilines is 2. The van der Waals surface area contributed by atoms with E-state index in [2.05, 4.69) is 40.9 Å². The normalized spacial score (nSPS) is 19.7. The van der Waals surface area contributed by atoms with Crippen LogP contribution in [0.4, 0.5) is 11.6 Å². The van der Waals surface area contributed by atoms with Gasteiger partial charge in [0.25, 0.3) is 0 Å². The number of hydrogen-bond donors (Lipinski definition) is 0. The molecule has 2 aliphatic heterocycles. The predicted octanol–water partition coefficient (Wildman–Crippen LogP) is 1.17. The molecule has 0 atom stereocenters. The molecule has 2 aromatic rings. The van der Waals surface area contributed by atoms with Crippen LogP contribution in [0.15, 0.2) is 23.3 Å². The van der Waals surface area contributed by atoms with Crippen LogP contribution in [0, 0.1) is 0 Å². The van der Waals surface area contributed by atoms with Gasteiger partial charge in [0.1, 0.15) is 18.0 Å². The second kappa shape index (κ2) is 7.12. The zero-order valence-electron chi connectivity index (χ0n) is 13.8. The molecule has 2 saturated heterocycles. The summed E-state index contributed by atoms with van der Waals surface area (Å²) in [7, 11) is 0. The van der Waals surface area contributed by atoms with Gasteiger partial charge in [-0.3, -0.25) is 4.90 Å². The Morgan fingerprint density at radius 2 is 1.54 bits per heavy atom. The van der Waals surface area contributed by atoms with Gasteiger partial charge in [-0.2, -0.15) is 4.98 Å². The number of aromatic nitrogens is 4. The van der Waals surface area contributed by atoms with Gasteiger partial charge in [0.15, 0.2) is 5.82 Å². The fourth-order valence-electron chi connectivity index (χ4n) is 3.40. The molecular formula is C16H23N7O. The summed E-state index contributed by atoms with van der Waals surface area (Å²) in [4.78, 5) is 20.1. The van der Waals surface area contributed by atoms with Gasteiger partial charge in [-0.25, -0.2) is 9.97 Å². The van der Waals surface area contributed by atoms with Crippen LogP contribution in [0.1, 0.15) is 25.1 Å². The molecule has 0 spiro atoms. The van der Waals surface area contributed by atoms with E-state index in [4.69, 9.17) is 4.52 Å². The molecule has 0 amide bonds. The van der Waals surface area contributed by atoms with E-state index in [1.807, 2.05) is 0 Å². The Morgan fingerprint density at radius 1 is 0.833 bits per heavy atom. The highest BCUT2D eigenvalue weighted by Gasteiger charge is 2.20. The Hall–Kier alpha value is -2.22. The lowest BCUT2D eigenvalue weighted by atomic mass is 10.1. The molecule has 8 nitrogen and oxygen atoms in total. The summed E-state index contributed by atoms with van der Waals surface area (Å²) in [5.41, 5.74) is 0. The quantitative estimate of drug-likeness (QED) is 0.827. The highest BCUT2D eigenvalue weighted by molar-refractivity contribution is 5.50.